The van der Waals surface area contributed by atoms with E-state index in [9.17, 15) is 23.1 Å². The molecule has 1 aromatic heterocycles. The van der Waals surface area contributed by atoms with E-state index in [-0.39, 0.29) is 12.5 Å². The van der Waals surface area contributed by atoms with Crippen LogP contribution in [0.25, 0.3) is 10.6 Å². The Hall–Kier alpha value is -3.20. The van der Waals surface area contributed by atoms with Gasteiger partial charge < -0.3 is 9.94 Å². The fraction of sp³-hybridized carbons (Fsp3) is 0.346. The van der Waals surface area contributed by atoms with E-state index in [0.29, 0.717) is 22.7 Å². The largest absolute Gasteiger partial charge is 0.481 e. The maximum atomic E-state index is 12.9. The molecule has 1 unspecified atom stereocenters. The lowest BCUT2D eigenvalue weighted by molar-refractivity contribution is -0.139. The van der Waals surface area contributed by atoms with Crippen molar-refractivity contribution in [3.8, 4) is 10.6 Å². The molecule has 3 aromatic rings. The van der Waals surface area contributed by atoms with Gasteiger partial charge >= 0.3 is 12.1 Å². The molecule has 9 heteroatoms. The summed E-state index contributed by atoms with van der Waals surface area (Å²) in [6.07, 6.45) is -3.03. The number of carboxylic acids is 1. The van der Waals surface area contributed by atoms with E-state index in [1.165, 1.54) is 23.5 Å². The highest BCUT2D eigenvalue weighted by atomic mass is 32.1. The maximum absolute atomic E-state index is 12.9. The summed E-state index contributed by atoms with van der Waals surface area (Å²) >= 11 is 1.37. The number of hydrogen-bond donors (Lipinski definition) is 1. The van der Waals surface area contributed by atoms with Crippen LogP contribution in [0.4, 0.5) is 13.2 Å². The smallest absolute Gasteiger partial charge is 0.416 e. The molecule has 1 aliphatic carbocycles. The first-order chi connectivity index (χ1) is 16.5. The van der Waals surface area contributed by atoms with E-state index in [1.807, 2.05) is 32.0 Å². The predicted octanol–water partition coefficient (Wildman–Crippen LogP) is 7.01. The van der Waals surface area contributed by atoms with Crippen molar-refractivity contribution in [1.82, 2.24) is 4.98 Å². The van der Waals surface area contributed by atoms with Crippen LogP contribution < -0.4 is 0 Å². The van der Waals surface area contributed by atoms with Gasteiger partial charge in [0.1, 0.15) is 5.01 Å². The van der Waals surface area contributed by atoms with E-state index in [4.69, 9.17) is 4.84 Å². The number of carboxylic acid groups (broad SMARTS) is 1. The number of halogens is 3. The summed E-state index contributed by atoms with van der Waals surface area (Å²) < 4.78 is 38.6. The van der Waals surface area contributed by atoms with Gasteiger partial charge in [0.2, 0.25) is 0 Å². The van der Waals surface area contributed by atoms with Crippen LogP contribution in [0.3, 0.4) is 0 Å². The number of carbonyl (C=O) groups is 1. The van der Waals surface area contributed by atoms with Gasteiger partial charge in [-0.15, -0.1) is 11.3 Å². The minimum absolute atomic E-state index is 0.0998. The second-order valence-corrected chi connectivity index (χ2v) is 9.93. The Bertz CT molecular complexity index is 1260. The molecule has 35 heavy (non-hydrogen) atoms. The molecule has 5 nitrogen and oxygen atoms in total. The molecule has 0 saturated carbocycles. The summed E-state index contributed by atoms with van der Waals surface area (Å²) in [5, 5.41) is 14.3. The third-order valence-corrected chi connectivity index (χ3v) is 7.16. The second kappa shape index (κ2) is 9.81. The monoisotopic (exact) mass is 502 g/mol. The summed E-state index contributed by atoms with van der Waals surface area (Å²) in [4.78, 5) is 22.6. The summed E-state index contributed by atoms with van der Waals surface area (Å²) in [5.74, 6) is -1.21. The zero-order valence-corrected chi connectivity index (χ0v) is 20.3. The Labute approximate surface area is 205 Å². The molecular weight excluding hydrogens is 477 g/mol. The molecule has 4 rings (SSSR count). The summed E-state index contributed by atoms with van der Waals surface area (Å²) in [7, 11) is 0. The van der Waals surface area contributed by atoms with Crippen molar-refractivity contribution in [1.29, 1.82) is 0 Å². The van der Waals surface area contributed by atoms with Gasteiger partial charge in [-0.3, -0.25) is 4.79 Å². The highest BCUT2D eigenvalue weighted by Gasteiger charge is 2.30. The van der Waals surface area contributed by atoms with Crippen LogP contribution in [-0.4, -0.2) is 21.8 Å². The van der Waals surface area contributed by atoms with Crippen LogP contribution in [0.1, 0.15) is 71.9 Å². The fourth-order valence-electron chi connectivity index (χ4n) is 4.17. The first-order valence-electron chi connectivity index (χ1n) is 11.2. The Morgan fingerprint density at radius 2 is 1.94 bits per heavy atom. The van der Waals surface area contributed by atoms with Crippen molar-refractivity contribution in [2.45, 2.75) is 58.2 Å². The van der Waals surface area contributed by atoms with E-state index in [1.54, 1.807) is 6.92 Å². The van der Waals surface area contributed by atoms with Crippen molar-refractivity contribution >= 4 is 23.0 Å². The summed E-state index contributed by atoms with van der Waals surface area (Å²) in [6, 6.07) is 10.7. The normalized spacial score (nSPS) is 16.0. The van der Waals surface area contributed by atoms with Crippen molar-refractivity contribution in [2.24, 2.45) is 5.16 Å². The predicted molar refractivity (Wildman–Crippen MR) is 129 cm³/mol. The van der Waals surface area contributed by atoms with Crippen LogP contribution in [0, 0.1) is 0 Å². The third-order valence-electron chi connectivity index (χ3n) is 6.07. The fourth-order valence-corrected chi connectivity index (χ4v) is 5.30. The molecular formula is C26H25F3N2O3S. The number of aliphatic carboxylic acids is 1. The zero-order chi connectivity index (χ0) is 25.3. The number of fused-ring (bicyclic) bond motifs is 1. The van der Waals surface area contributed by atoms with Crippen molar-refractivity contribution in [2.75, 3.05) is 0 Å². The minimum Gasteiger partial charge on any atom is -0.481 e. The third kappa shape index (κ3) is 5.40. The standard InChI is InChI=1S/C26H25F3N2O3S/c1-14(2)23-22(35-24(30-23)17-6-9-19(10-7-17)26(27,28)29)13-34-31-15(3)18-5-4-16-8-11-20(25(32)33)21(16)12-18/h4-7,9-10,12,14,20H,8,11,13H2,1-3H3,(H,32,33)/b31-15+. The van der Waals surface area contributed by atoms with E-state index >= 15 is 0 Å². The molecule has 0 aliphatic heterocycles. The molecule has 1 N–H and O–H groups in total. The Morgan fingerprint density at radius 1 is 1.23 bits per heavy atom. The van der Waals surface area contributed by atoms with Gasteiger partial charge in [0.05, 0.1) is 27.8 Å². The van der Waals surface area contributed by atoms with Crippen molar-refractivity contribution < 1.29 is 27.9 Å². The molecule has 1 aliphatic rings. The van der Waals surface area contributed by atoms with Gasteiger partial charge in [-0.2, -0.15) is 13.2 Å². The number of alkyl halides is 3. The number of oxime groups is 1. The number of thiazole rings is 1. The number of hydrogen-bond acceptors (Lipinski definition) is 5. The van der Waals surface area contributed by atoms with Gasteiger partial charge in [-0.05, 0) is 60.6 Å². The molecule has 1 atom stereocenters. The van der Waals surface area contributed by atoms with Crippen LogP contribution in [-0.2, 0) is 28.8 Å². The van der Waals surface area contributed by atoms with E-state index in [0.717, 1.165) is 45.8 Å². The first kappa shape index (κ1) is 24.9. The highest BCUT2D eigenvalue weighted by molar-refractivity contribution is 7.15. The Kier molecular flexibility index (Phi) is 6.98. The lowest BCUT2D eigenvalue weighted by Crippen LogP contribution is -2.08. The molecule has 1 heterocycles. The quantitative estimate of drug-likeness (QED) is 0.279. The van der Waals surface area contributed by atoms with Gasteiger partial charge in [-0.1, -0.05) is 43.3 Å². The lowest BCUT2D eigenvalue weighted by atomic mass is 9.98. The Morgan fingerprint density at radius 3 is 2.57 bits per heavy atom. The SMILES string of the molecule is C/C(=N\OCc1sc(-c2ccc(C(F)(F)F)cc2)nc1C(C)C)c1ccc2c(c1)C(C(=O)O)CC2. The number of benzene rings is 2. The second-order valence-electron chi connectivity index (χ2n) is 8.85. The van der Waals surface area contributed by atoms with Gasteiger partial charge in [0, 0.05) is 5.56 Å². The zero-order valence-electron chi connectivity index (χ0n) is 19.5. The summed E-state index contributed by atoms with van der Waals surface area (Å²) in [5.41, 5.74) is 4.04. The Balaban J connectivity index is 1.50. The molecule has 0 spiro atoms. The van der Waals surface area contributed by atoms with E-state index in [2.05, 4.69) is 10.1 Å². The van der Waals surface area contributed by atoms with Gasteiger partial charge in [-0.25, -0.2) is 4.98 Å². The average Bonchev–Trinajstić information content (AvgIpc) is 3.42. The van der Waals surface area contributed by atoms with Gasteiger partial charge in [0.25, 0.3) is 0 Å². The van der Waals surface area contributed by atoms with Crippen molar-refractivity contribution in [3.63, 3.8) is 0 Å². The molecule has 2 aromatic carbocycles. The molecule has 0 fully saturated rings. The van der Waals surface area contributed by atoms with Crippen LogP contribution in [0.5, 0.6) is 0 Å². The highest BCUT2D eigenvalue weighted by Crippen LogP contribution is 2.36. The molecule has 184 valence electrons. The molecule has 0 radical (unpaired) electrons. The lowest BCUT2D eigenvalue weighted by Gasteiger charge is -2.09. The number of rotatable bonds is 7. The first-order valence-corrected chi connectivity index (χ1v) is 12.1. The molecule has 0 amide bonds. The number of aryl methyl sites for hydroxylation is 1. The van der Waals surface area contributed by atoms with Crippen LogP contribution in [0.2, 0.25) is 0 Å². The average molecular weight is 503 g/mol. The van der Waals surface area contributed by atoms with Crippen molar-refractivity contribution in [3.05, 3.63) is 75.3 Å². The number of aromatic nitrogens is 1. The molecule has 0 bridgehead atoms. The summed E-state index contributed by atoms with van der Waals surface area (Å²) in [6.45, 7) is 5.96. The maximum Gasteiger partial charge on any atom is 0.416 e. The molecule has 0 saturated heterocycles. The number of nitrogens with zero attached hydrogens (tertiary/aromatic N) is 2. The van der Waals surface area contributed by atoms with Gasteiger partial charge in [0.15, 0.2) is 6.61 Å². The minimum atomic E-state index is -4.38. The van der Waals surface area contributed by atoms with E-state index < -0.39 is 23.6 Å². The van der Waals surface area contributed by atoms with Crippen LogP contribution >= 0.6 is 11.3 Å². The topological polar surface area (TPSA) is 71.8 Å². The van der Waals surface area contributed by atoms with Crippen LogP contribution in [0.15, 0.2) is 47.6 Å².